The second-order valence-corrected chi connectivity index (χ2v) is 7.15. The fourth-order valence-electron chi connectivity index (χ4n) is 1.61. The van der Waals surface area contributed by atoms with Crippen molar-refractivity contribution >= 4 is 8.80 Å². The molecule has 0 radical (unpaired) electrons. The van der Waals surface area contributed by atoms with Crippen LogP contribution in [0.1, 0.15) is 41.5 Å². The maximum atomic E-state index is 5.85. The highest BCUT2D eigenvalue weighted by Crippen LogP contribution is 2.20. The first-order valence-electron chi connectivity index (χ1n) is 6.19. The summed E-state index contributed by atoms with van der Waals surface area (Å²) in [5, 5.41) is 0. The van der Waals surface area contributed by atoms with Crippen LogP contribution in [0, 0.1) is 0 Å². The summed E-state index contributed by atoms with van der Waals surface area (Å²) in [6, 6.07) is 0. The van der Waals surface area contributed by atoms with Crippen molar-refractivity contribution < 1.29 is 18.0 Å². The van der Waals surface area contributed by atoms with Gasteiger partial charge in [0.15, 0.2) is 0 Å². The van der Waals surface area contributed by atoms with Gasteiger partial charge in [-0.1, -0.05) is 0 Å². The Morgan fingerprint density at radius 2 is 1.35 bits per heavy atom. The molecule has 1 unspecified atom stereocenters. The van der Waals surface area contributed by atoms with Crippen LogP contribution in [-0.4, -0.2) is 40.1 Å². The summed E-state index contributed by atoms with van der Waals surface area (Å²) < 4.78 is 22.9. The van der Waals surface area contributed by atoms with Gasteiger partial charge < -0.3 is 23.7 Å². The molecule has 0 aliphatic heterocycles. The Morgan fingerprint density at radius 1 is 1.00 bits per heavy atom. The minimum atomic E-state index is -2.81. The molecule has 0 rings (SSSR count). The Kier molecular flexibility index (Phi) is 7.46. The van der Waals surface area contributed by atoms with Gasteiger partial charge in [-0.05, 0) is 41.5 Å². The molecule has 0 aliphatic rings. The van der Waals surface area contributed by atoms with E-state index < -0.39 is 14.5 Å². The molecule has 0 fully saturated rings. The summed E-state index contributed by atoms with van der Waals surface area (Å²) >= 11 is 0. The van der Waals surface area contributed by atoms with E-state index in [1.807, 2.05) is 27.7 Å². The predicted octanol–water partition coefficient (Wildman–Crippen LogP) is 1.67. The van der Waals surface area contributed by atoms with Gasteiger partial charge in [0.25, 0.3) is 0 Å². The quantitative estimate of drug-likeness (QED) is 0.507. The Bertz CT molecular complexity index is 191. The molecule has 1 atom stereocenters. The van der Waals surface area contributed by atoms with E-state index in [0.717, 1.165) is 0 Å². The van der Waals surface area contributed by atoms with Crippen LogP contribution in [0.3, 0.4) is 0 Å². The highest BCUT2D eigenvalue weighted by molar-refractivity contribution is 6.62. The van der Waals surface area contributed by atoms with Crippen molar-refractivity contribution in [2.24, 2.45) is 5.73 Å². The van der Waals surface area contributed by atoms with Gasteiger partial charge in [-0.15, -0.1) is 0 Å². The van der Waals surface area contributed by atoms with Crippen molar-refractivity contribution in [3.63, 3.8) is 0 Å². The largest absolute Gasteiger partial charge is 0.531 e. The highest BCUT2D eigenvalue weighted by atomic mass is 28.4. The first kappa shape index (κ1) is 17.0. The summed E-state index contributed by atoms with van der Waals surface area (Å²) in [6.45, 7) is 12.8. The SMILES string of the molecule is CCO[Si](OCC)(OCC)C(C)OC(C)(C)N. The van der Waals surface area contributed by atoms with E-state index >= 15 is 0 Å². The molecule has 0 amide bonds. The zero-order chi connectivity index (χ0) is 13.5. The van der Waals surface area contributed by atoms with Gasteiger partial charge in [-0.2, -0.15) is 0 Å². The maximum Gasteiger partial charge on any atom is 0.531 e. The monoisotopic (exact) mass is 265 g/mol. The molecule has 0 bridgehead atoms. The molecule has 0 aromatic rings. The van der Waals surface area contributed by atoms with Crippen molar-refractivity contribution in [1.82, 2.24) is 0 Å². The van der Waals surface area contributed by atoms with E-state index in [2.05, 4.69) is 0 Å². The molecule has 0 aromatic heterocycles. The van der Waals surface area contributed by atoms with Crippen molar-refractivity contribution in [1.29, 1.82) is 0 Å². The van der Waals surface area contributed by atoms with Crippen molar-refractivity contribution in [3.05, 3.63) is 0 Å². The highest BCUT2D eigenvalue weighted by Gasteiger charge is 2.49. The normalized spacial score (nSPS) is 15.0. The van der Waals surface area contributed by atoms with Gasteiger partial charge in [-0.3, -0.25) is 0 Å². The first-order valence-corrected chi connectivity index (χ1v) is 8.00. The molecule has 2 N–H and O–H groups in total. The standard InChI is InChI=1S/C11H27NO4Si/c1-7-13-17(14-8-2,15-9-3)10(4)16-11(5,6)12/h10H,7-9,12H2,1-6H3. The Balaban J connectivity index is 4.83. The number of hydrogen-bond acceptors (Lipinski definition) is 5. The molecule has 0 aliphatic carbocycles. The minimum Gasteiger partial charge on any atom is -0.372 e. The fourth-order valence-corrected chi connectivity index (χ4v) is 4.22. The Labute approximate surface area is 106 Å². The van der Waals surface area contributed by atoms with Gasteiger partial charge >= 0.3 is 8.80 Å². The molecule has 0 saturated heterocycles. The van der Waals surface area contributed by atoms with Gasteiger partial charge in [-0.25, -0.2) is 0 Å². The van der Waals surface area contributed by atoms with Gasteiger partial charge in [0.05, 0.1) is 0 Å². The average Bonchev–Trinajstić information content (AvgIpc) is 2.16. The Hall–Kier alpha value is 0.0169. The topological polar surface area (TPSA) is 62.9 Å². The van der Waals surface area contributed by atoms with Crippen LogP contribution in [0.2, 0.25) is 0 Å². The van der Waals surface area contributed by atoms with Crippen LogP contribution >= 0.6 is 0 Å². The lowest BCUT2D eigenvalue weighted by atomic mass is 10.3. The number of ether oxygens (including phenoxy) is 1. The van der Waals surface area contributed by atoms with Gasteiger partial charge in [0, 0.05) is 19.8 Å². The second-order valence-electron chi connectivity index (χ2n) is 4.27. The van der Waals surface area contributed by atoms with Crippen molar-refractivity contribution in [2.45, 2.75) is 53.0 Å². The zero-order valence-electron chi connectivity index (χ0n) is 11.9. The van der Waals surface area contributed by atoms with Crippen LogP contribution in [0.4, 0.5) is 0 Å². The number of hydrogen-bond donors (Lipinski definition) is 1. The maximum absolute atomic E-state index is 5.85. The first-order chi connectivity index (χ1) is 7.81. The summed E-state index contributed by atoms with van der Waals surface area (Å²) in [5.41, 5.74) is 4.83. The molecule has 0 spiro atoms. The van der Waals surface area contributed by atoms with Gasteiger partial charge in [0.2, 0.25) is 0 Å². The fraction of sp³-hybridized carbons (Fsp3) is 1.00. The Morgan fingerprint density at radius 3 is 1.59 bits per heavy atom. The summed E-state index contributed by atoms with van der Waals surface area (Å²) in [7, 11) is -2.81. The molecule has 5 nitrogen and oxygen atoms in total. The van der Waals surface area contributed by atoms with E-state index in [0.29, 0.717) is 19.8 Å². The second kappa shape index (κ2) is 7.45. The molecular weight excluding hydrogens is 238 g/mol. The smallest absolute Gasteiger partial charge is 0.372 e. The van der Waals surface area contributed by atoms with E-state index in [-0.39, 0.29) is 5.73 Å². The van der Waals surface area contributed by atoms with Crippen LogP contribution < -0.4 is 5.73 Å². The van der Waals surface area contributed by atoms with E-state index in [9.17, 15) is 0 Å². The molecular formula is C11H27NO4Si. The molecule has 0 aromatic carbocycles. The van der Waals surface area contributed by atoms with Crippen LogP contribution in [0.25, 0.3) is 0 Å². The van der Waals surface area contributed by atoms with E-state index in [4.69, 9.17) is 23.7 Å². The third kappa shape index (κ3) is 5.94. The number of nitrogens with two attached hydrogens (primary N) is 1. The van der Waals surface area contributed by atoms with Crippen LogP contribution in [-0.2, 0) is 18.0 Å². The summed E-state index contributed by atoms with van der Waals surface area (Å²) in [5.74, 6) is 0. The van der Waals surface area contributed by atoms with Crippen LogP contribution in [0.15, 0.2) is 0 Å². The summed E-state index contributed by atoms with van der Waals surface area (Å²) in [4.78, 5) is 0. The molecule has 6 heteroatoms. The van der Waals surface area contributed by atoms with E-state index in [1.54, 1.807) is 13.8 Å². The zero-order valence-corrected chi connectivity index (χ0v) is 12.9. The van der Waals surface area contributed by atoms with Crippen molar-refractivity contribution in [3.8, 4) is 0 Å². The molecule has 0 heterocycles. The average molecular weight is 265 g/mol. The molecule has 104 valence electrons. The van der Waals surface area contributed by atoms with Crippen molar-refractivity contribution in [2.75, 3.05) is 19.8 Å². The lowest BCUT2D eigenvalue weighted by Crippen LogP contribution is -2.59. The number of rotatable bonds is 9. The third-order valence-corrected chi connectivity index (χ3v) is 5.20. The third-order valence-electron chi connectivity index (χ3n) is 2.01. The lowest BCUT2D eigenvalue weighted by Gasteiger charge is -2.36. The predicted molar refractivity (Wildman–Crippen MR) is 69.4 cm³/mol. The minimum absolute atomic E-state index is 0.289. The summed E-state index contributed by atoms with van der Waals surface area (Å²) in [6.07, 6.45) is 0. The van der Waals surface area contributed by atoms with Gasteiger partial charge in [0.1, 0.15) is 11.5 Å². The lowest BCUT2D eigenvalue weighted by molar-refractivity contribution is -0.0734. The van der Waals surface area contributed by atoms with E-state index in [1.165, 1.54) is 0 Å². The van der Waals surface area contributed by atoms with Crippen LogP contribution in [0.5, 0.6) is 0 Å². The molecule has 17 heavy (non-hydrogen) atoms. The molecule has 0 saturated carbocycles.